The molecule has 4 heteroatoms. The van der Waals surface area contributed by atoms with Crippen LogP contribution in [0.5, 0.6) is 0 Å². The molecule has 84 valence electrons. The molecule has 0 heterocycles. The first-order valence-corrected chi connectivity index (χ1v) is 5.07. The fourth-order valence-electron chi connectivity index (χ4n) is 2.29. The fourth-order valence-corrected chi connectivity index (χ4v) is 2.29. The van der Waals surface area contributed by atoms with Gasteiger partial charge in [-0.1, -0.05) is 30.3 Å². The van der Waals surface area contributed by atoms with E-state index in [2.05, 4.69) is 0 Å². The zero-order valence-electron chi connectivity index (χ0n) is 8.51. The summed E-state index contributed by atoms with van der Waals surface area (Å²) < 4.78 is 0. The Morgan fingerprint density at radius 3 is 2.06 bits per heavy atom. The van der Waals surface area contributed by atoms with Crippen LogP contribution >= 0.6 is 0 Å². The van der Waals surface area contributed by atoms with E-state index in [1.54, 1.807) is 30.3 Å². The molecular formula is C12H10O4-2. The molecule has 1 aromatic carbocycles. The summed E-state index contributed by atoms with van der Waals surface area (Å²) in [4.78, 5) is 22.0. The van der Waals surface area contributed by atoms with Crippen molar-refractivity contribution in [3.05, 3.63) is 35.9 Å². The Labute approximate surface area is 92.5 Å². The number of carbonyl (C=O) groups is 2. The van der Waals surface area contributed by atoms with Gasteiger partial charge < -0.3 is 19.8 Å². The van der Waals surface area contributed by atoms with E-state index in [4.69, 9.17) is 0 Å². The molecule has 0 N–H and O–H groups in total. The molecule has 0 amide bonds. The molecule has 16 heavy (non-hydrogen) atoms. The molecular weight excluding hydrogens is 208 g/mol. The van der Waals surface area contributed by atoms with E-state index in [1.165, 1.54) is 0 Å². The highest BCUT2D eigenvalue weighted by molar-refractivity contribution is 5.98. The molecule has 0 bridgehead atoms. The quantitative estimate of drug-likeness (QED) is 0.612. The van der Waals surface area contributed by atoms with Crippen molar-refractivity contribution < 1.29 is 19.8 Å². The second-order valence-corrected chi connectivity index (χ2v) is 4.05. The summed E-state index contributed by atoms with van der Waals surface area (Å²) in [5, 5.41) is 22.0. The van der Waals surface area contributed by atoms with Gasteiger partial charge in [0.2, 0.25) is 0 Å². The van der Waals surface area contributed by atoms with Crippen molar-refractivity contribution in [1.29, 1.82) is 0 Å². The lowest BCUT2D eigenvalue weighted by Gasteiger charge is -2.51. The van der Waals surface area contributed by atoms with Crippen LogP contribution in [-0.4, -0.2) is 11.9 Å². The number of rotatable bonds is 3. The summed E-state index contributed by atoms with van der Waals surface area (Å²) in [5.74, 6) is -3.64. The third kappa shape index (κ3) is 1.30. The van der Waals surface area contributed by atoms with Gasteiger partial charge in [-0.25, -0.2) is 0 Å². The van der Waals surface area contributed by atoms with Crippen LogP contribution in [0.3, 0.4) is 0 Å². The fraction of sp³-hybridized carbons (Fsp3) is 0.333. The van der Waals surface area contributed by atoms with E-state index in [-0.39, 0.29) is 6.42 Å². The molecule has 0 saturated heterocycles. The van der Waals surface area contributed by atoms with E-state index < -0.39 is 23.3 Å². The zero-order chi connectivity index (χ0) is 11.8. The molecule has 0 unspecified atom stereocenters. The Bertz CT molecular complexity index is 410. The third-order valence-electron chi connectivity index (χ3n) is 3.35. The maximum absolute atomic E-state index is 11.0. The molecule has 0 aliphatic heterocycles. The van der Waals surface area contributed by atoms with Gasteiger partial charge in [-0.15, -0.1) is 0 Å². The molecule has 0 spiro atoms. The van der Waals surface area contributed by atoms with Crippen molar-refractivity contribution in [1.82, 2.24) is 0 Å². The van der Waals surface area contributed by atoms with Crippen molar-refractivity contribution in [3.8, 4) is 0 Å². The number of hydrogen-bond acceptors (Lipinski definition) is 4. The highest BCUT2D eigenvalue weighted by atomic mass is 16.4. The van der Waals surface area contributed by atoms with Crippen LogP contribution in [0.25, 0.3) is 0 Å². The smallest absolute Gasteiger partial charge is 0.0563 e. The predicted octanol–water partition coefficient (Wildman–Crippen LogP) is -0.950. The molecule has 4 nitrogen and oxygen atoms in total. The Balaban J connectivity index is 2.38. The molecule has 0 aromatic heterocycles. The first-order chi connectivity index (χ1) is 7.59. The SMILES string of the molecule is O=C([O-])C1(C(=O)[O-])CC[C@H]1c1ccccc1. The van der Waals surface area contributed by atoms with Crippen molar-refractivity contribution in [2.45, 2.75) is 18.8 Å². The van der Waals surface area contributed by atoms with E-state index in [1.807, 2.05) is 0 Å². The van der Waals surface area contributed by atoms with Gasteiger partial charge in [-0.3, -0.25) is 0 Å². The van der Waals surface area contributed by atoms with Gasteiger partial charge in [0.05, 0.1) is 17.4 Å². The molecule has 1 saturated carbocycles. The molecule has 0 radical (unpaired) electrons. The Hall–Kier alpha value is -1.84. The Morgan fingerprint density at radius 1 is 1.12 bits per heavy atom. The van der Waals surface area contributed by atoms with Crippen LogP contribution in [0.15, 0.2) is 30.3 Å². The summed E-state index contributed by atoms with van der Waals surface area (Å²) in [6, 6.07) is 8.75. The van der Waals surface area contributed by atoms with Crippen LogP contribution in [0, 0.1) is 5.41 Å². The highest BCUT2D eigenvalue weighted by Crippen LogP contribution is 2.52. The predicted molar refractivity (Wildman–Crippen MR) is 50.9 cm³/mol. The second-order valence-electron chi connectivity index (χ2n) is 4.05. The maximum Gasteiger partial charge on any atom is 0.0563 e. The summed E-state index contributed by atoms with van der Waals surface area (Å²) in [5.41, 5.74) is -1.14. The van der Waals surface area contributed by atoms with E-state index in [9.17, 15) is 19.8 Å². The van der Waals surface area contributed by atoms with Crippen LogP contribution in [-0.2, 0) is 9.59 Å². The summed E-state index contributed by atoms with van der Waals surface area (Å²) in [6.45, 7) is 0. The highest BCUT2D eigenvalue weighted by Gasteiger charge is 2.50. The summed E-state index contributed by atoms with van der Waals surface area (Å²) >= 11 is 0. The lowest BCUT2D eigenvalue weighted by molar-refractivity contribution is -0.350. The molecule has 2 rings (SSSR count). The van der Waals surface area contributed by atoms with Gasteiger partial charge >= 0.3 is 0 Å². The third-order valence-corrected chi connectivity index (χ3v) is 3.35. The Morgan fingerprint density at radius 2 is 1.69 bits per heavy atom. The summed E-state index contributed by atoms with van der Waals surface area (Å²) in [6.07, 6.45) is 0.614. The molecule has 1 atom stereocenters. The largest absolute Gasteiger partial charge is 0.549 e. The average Bonchev–Trinajstić information content (AvgIpc) is 2.16. The number of benzene rings is 1. The van der Waals surface area contributed by atoms with Crippen LogP contribution in [0.4, 0.5) is 0 Å². The standard InChI is InChI=1S/C12H12O4/c13-10(14)12(11(15)16)7-6-9(12)8-4-2-1-3-5-8/h1-5,9H,6-7H2,(H,13,14)(H,15,16)/p-2/t9-/m0/s1. The lowest BCUT2D eigenvalue weighted by atomic mass is 9.57. The van der Waals surface area contributed by atoms with Crippen molar-refractivity contribution in [2.24, 2.45) is 5.41 Å². The maximum atomic E-state index is 11.0. The van der Waals surface area contributed by atoms with Gasteiger partial charge in [-0.2, -0.15) is 0 Å². The van der Waals surface area contributed by atoms with E-state index in [0.29, 0.717) is 12.0 Å². The monoisotopic (exact) mass is 218 g/mol. The van der Waals surface area contributed by atoms with Gasteiger partial charge in [0, 0.05) is 5.92 Å². The number of aliphatic carboxylic acids is 2. The second kappa shape index (κ2) is 3.63. The molecule has 1 fully saturated rings. The van der Waals surface area contributed by atoms with Gasteiger partial charge in [0.1, 0.15) is 0 Å². The first kappa shape index (κ1) is 10.7. The van der Waals surface area contributed by atoms with Gasteiger partial charge in [-0.05, 0) is 18.4 Å². The summed E-state index contributed by atoms with van der Waals surface area (Å²) in [7, 11) is 0. The number of hydrogen-bond donors (Lipinski definition) is 0. The minimum atomic E-state index is -1.85. The topological polar surface area (TPSA) is 80.3 Å². The first-order valence-electron chi connectivity index (χ1n) is 5.07. The van der Waals surface area contributed by atoms with E-state index >= 15 is 0 Å². The van der Waals surface area contributed by atoms with Crippen molar-refractivity contribution >= 4 is 11.9 Å². The minimum Gasteiger partial charge on any atom is -0.549 e. The number of carboxylic acids is 2. The molecule has 1 aromatic rings. The van der Waals surface area contributed by atoms with Crippen LogP contribution in [0.2, 0.25) is 0 Å². The van der Waals surface area contributed by atoms with Crippen LogP contribution < -0.4 is 10.2 Å². The Kier molecular flexibility index (Phi) is 2.42. The van der Waals surface area contributed by atoms with Crippen LogP contribution in [0.1, 0.15) is 24.3 Å². The zero-order valence-corrected chi connectivity index (χ0v) is 8.51. The normalized spacial score (nSPS) is 22.1. The molecule has 1 aliphatic rings. The minimum absolute atomic E-state index is 0.0806. The average molecular weight is 218 g/mol. The van der Waals surface area contributed by atoms with Crippen molar-refractivity contribution in [3.63, 3.8) is 0 Å². The molecule has 1 aliphatic carbocycles. The lowest BCUT2D eigenvalue weighted by Crippen LogP contribution is -2.61. The van der Waals surface area contributed by atoms with E-state index in [0.717, 1.165) is 0 Å². The number of carbonyl (C=O) groups excluding carboxylic acids is 2. The number of carboxylic acid groups (broad SMARTS) is 2. The van der Waals surface area contributed by atoms with Crippen molar-refractivity contribution in [2.75, 3.05) is 0 Å². The van der Waals surface area contributed by atoms with Gasteiger partial charge in [0.25, 0.3) is 0 Å². The van der Waals surface area contributed by atoms with Gasteiger partial charge in [0.15, 0.2) is 0 Å².